The Morgan fingerprint density at radius 3 is 2.30 bits per heavy atom. The molecule has 0 aromatic carbocycles. The van der Waals surface area contributed by atoms with E-state index in [1.54, 1.807) is 19.9 Å². The molecule has 0 spiro atoms. The van der Waals surface area contributed by atoms with Gasteiger partial charge in [0.1, 0.15) is 18.3 Å². The molecular weight excluding hydrogens is 264 g/mol. The number of hydrogen-bond donors (Lipinski definition) is 1. The number of hydrogen-bond acceptors (Lipinski definition) is 6. The van der Waals surface area contributed by atoms with Crippen molar-refractivity contribution in [2.75, 3.05) is 0 Å². The number of ether oxygens (including phenoxy) is 2. The molecule has 0 aromatic heterocycles. The van der Waals surface area contributed by atoms with Crippen LogP contribution in [0.15, 0.2) is 24.3 Å². The van der Waals surface area contributed by atoms with Gasteiger partial charge >= 0.3 is 11.9 Å². The summed E-state index contributed by atoms with van der Waals surface area (Å²) in [7, 11) is 0. The minimum absolute atomic E-state index is 0.0335. The molecule has 0 radical (unpaired) electrons. The van der Waals surface area contributed by atoms with Crippen LogP contribution in [0.2, 0.25) is 0 Å². The summed E-state index contributed by atoms with van der Waals surface area (Å²) in [5, 5.41) is 9.62. The van der Waals surface area contributed by atoms with Crippen molar-refractivity contribution in [2.24, 2.45) is 0 Å². The van der Waals surface area contributed by atoms with E-state index in [4.69, 9.17) is 9.47 Å². The molecule has 3 atom stereocenters. The van der Waals surface area contributed by atoms with E-state index < -0.39 is 36.0 Å². The van der Waals surface area contributed by atoms with Crippen LogP contribution in [-0.2, 0) is 23.9 Å². The zero-order chi connectivity index (χ0) is 15.1. The van der Waals surface area contributed by atoms with Gasteiger partial charge in [0, 0.05) is 25.0 Å². The third-order valence-corrected chi connectivity index (χ3v) is 2.62. The molecule has 0 fully saturated rings. The Balaban J connectivity index is 2.82. The van der Waals surface area contributed by atoms with Gasteiger partial charge in [0.05, 0.1) is 0 Å². The van der Waals surface area contributed by atoms with Crippen molar-refractivity contribution in [1.29, 1.82) is 0 Å². The fourth-order valence-corrected chi connectivity index (χ4v) is 1.62. The van der Waals surface area contributed by atoms with E-state index in [1.807, 2.05) is 0 Å². The Kier molecular flexibility index (Phi) is 6.11. The van der Waals surface area contributed by atoms with Crippen molar-refractivity contribution in [2.45, 2.75) is 45.0 Å². The normalized spacial score (nSPS) is 32.8. The average molecular weight is 282 g/mol. The van der Waals surface area contributed by atoms with Crippen molar-refractivity contribution in [3.63, 3.8) is 0 Å². The van der Waals surface area contributed by atoms with Gasteiger partial charge in [-0.05, 0) is 19.9 Å². The molecule has 6 heteroatoms. The van der Waals surface area contributed by atoms with Crippen LogP contribution in [0.5, 0.6) is 0 Å². The average Bonchev–Trinajstić information content (AvgIpc) is 2.34. The van der Waals surface area contributed by atoms with E-state index in [0.717, 1.165) is 12.2 Å². The van der Waals surface area contributed by atoms with E-state index >= 15 is 0 Å². The minimum Gasteiger partial charge on any atom is -0.459 e. The summed E-state index contributed by atoms with van der Waals surface area (Å²) < 4.78 is 9.97. The number of aliphatic hydroxyl groups excluding tert-OH is 1. The molecule has 1 aliphatic heterocycles. The molecule has 0 saturated carbocycles. The number of cyclic esters (lactones) is 2. The highest BCUT2D eigenvalue weighted by molar-refractivity contribution is 5.98. The molecule has 110 valence electrons. The van der Waals surface area contributed by atoms with Gasteiger partial charge in [-0.1, -0.05) is 6.08 Å². The highest BCUT2D eigenvalue weighted by Crippen LogP contribution is 2.07. The lowest BCUT2D eigenvalue weighted by Crippen LogP contribution is -2.26. The molecule has 1 aliphatic rings. The zero-order valence-electron chi connectivity index (χ0n) is 11.4. The smallest absolute Gasteiger partial charge is 0.331 e. The Morgan fingerprint density at radius 2 is 1.60 bits per heavy atom. The summed E-state index contributed by atoms with van der Waals surface area (Å²) in [5.41, 5.74) is 0. The van der Waals surface area contributed by atoms with Gasteiger partial charge in [-0.2, -0.15) is 0 Å². The third-order valence-electron chi connectivity index (χ3n) is 2.62. The van der Waals surface area contributed by atoms with E-state index in [1.165, 1.54) is 6.08 Å². The monoisotopic (exact) mass is 282 g/mol. The van der Waals surface area contributed by atoms with Crippen molar-refractivity contribution >= 4 is 17.7 Å². The quantitative estimate of drug-likeness (QED) is 0.657. The van der Waals surface area contributed by atoms with Gasteiger partial charge in [0.15, 0.2) is 5.78 Å². The van der Waals surface area contributed by atoms with Crippen LogP contribution in [0.4, 0.5) is 0 Å². The van der Waals surface area contributed by atoms with Gasteiger partial charge in [0.25, 0.3) is 0 Å². The standard InChI is InChI=1S/C14H18O6/c1-9-4-3-5-13(17)20-10(2)8-12(16)11(15)6-7-14(18)19-9/h3,5-7,9-10,12,16H,4,8H2,1-2H3/b5-3+,7-6+/t9-,10-,12-/m1/s1. The summed E-state index contributed by atoms with van der Waals surface area (Å²) in [4.78, 5) is 34.3. The number of aliphatic hydroxyl groups is 1. The first-order valence-electron chi connectivity index (χ1n) is 6.36. The largest absolute Gasteiger partial charge is 0.459 e. The van der Waals surface area contributed by atoms with Crippen LogP contribution >= 0.6 is 0 Å². The lowest BCUT2D eigenvalue weighted by atomic mass is 10.1. The predicted octanol–water partition coefficient (Wildman–Crippen LogP) is 0.686. The molecule has 1 rings (SSSR count). The molecule has 0 amide bonds. The molecule has 0 saturated heterocycles. The summed E-state index contributed by atoms with van der Waals surface area (Å²) in [6, 6.07) is 0. The Labute approximate surface area is 117 Å². The first-order valence-corrected chi connectivity index (χ1v) is 6.36. The molecule has 0 unspecified atom stereocenters. The predicted molar refractivity (Wildman–Crippen MR) is 69.6 cm³/mol. The molecule has 0 aliphatic carbocycles. The topological polar surface area (TPSA) is 89.9 Å². The van der Waals surface area contributed by atoms with Crippen LogP contribution in [-0.4, -0.2) is 41.1 Å². The van der Waals surface area contributed by atoms with E-state index in [-0.39, 0.29) is 6.42 Å². The maximum Gasteiger partial charge on any atom is 0.331 e. The first-order chi connectivity index (χ1) is 9.38. The van der Waals surface area contributed by atoms with Gasteiger partial charge in [-0.15, -0.1) is 0 Å². The minimum atomic E-state index is -1.33. The lowest BCUT2D eigenvalue weighted by molar-refractivity contribution is -0.144. The second kappa shape index (κ2) is 7.59. The van der Waals surface area contributed by atoms with Crippen LogP contribution in [0, 0.1) is 0 Å². The highest BCUT2D eigenvalue weighted by atomic mass is 16.5. The molecular formula is C14H18O6. The Hall–Kier alpha value is -1.95. The van der Waals surface area contributed by atoms with Crippen LogP contribution in [0.3, 0.4) is 0 Å². The van der Waals surface area contributed by atoms with Crippen molar-refractivity contribution < 1.29 is 29.0 Å². The number of rotatable bonds is 0. The fourth-order valence-electron chi connectivity index (χ4n) is 1.62. The summed E-state index contributed by atoms with van der Waals surface area (Å²) in [5.74, 6) is -1.87. The summed E-state index contributed by atoms with van der Waals surface area (Å²) in [6.45, 7) is 3.24. The first kappa shape index (κ1) is 16.1. The Morgan fingerprint density at radius 1 is 1.00 bits per heavy atom. The van der Waals surface area contributed by atoms with Gasteiger partial charge in [-0.25, -0.2) is 9.59 Å². The maximum atomic E-state index is 11.5. The Bertz CT molecular complexity index is 437. The molecule has 6 nitrogen and oxygen atoms in total. The van der Waals surface area contributed by atoms with E-state index in [0.29, 0.717) is 6.42 Å². The fraction of sp³-hybridized carbons (Fsp3) is 0.500. The molecule has 20 heavy (non-hydrogen) atoms. The van der Waals surface area contributed by atoms with E-state index in [2.05, 4.69) is 0 Å². The molecule has 1 N–H and O–H groups in total. The number of carbonyl (C=O) groups excluding carboxylic acids is 3. The second-order valence-electron chi connectivity index (χ2n) is 4.62. The van der Waals surface area contributed by atoms with Crippen molar-refractivity contribution in [3.8, 4) is 0 Å². The SMILES string of the molecule is C[C@@H]1C/C=C/C(=O)O[C@H](C)C[C@@H](O)C(=O)/C=C/C(=O)O1. The zero-order valence-corrected chi connectivity index (χ0v) is 11.4. The number of ketones is 1. The summed E-state index contributed by atoms with van der Waals surface area (Å²) in [6.07, 6.45) is 2.69. The van der Waals surface area contributed by atoms with E-state index in [9.17, 15) is 19.5 Å². The third kappa shape index (κ3) is 5.79. The van der Waals surface area contributed by atoms with Gasteiger partial charge in [0.2, 0.25) is 0 Å². The number of esters is 2. The molecule has 1 heterocycles. The lowest BCUT2D eigenvalue weighted by Gasteiger charge is -2.15. The maximum absolute atomic E-state index is 11.5. The summed E-state index contributed by atoms with van der Waals surface area (Å²) >= 11 is 0. The molecule has 0 aromatic rings. The van der Waals surface area contributed by atoms with Crippen LogP contribution < -0.4 is 0 Å². The van der Waals surface area contributed by atoms with Crippen LogP contribution in [0.25, 0.3) is 0 Å². The van der Waals surface area contributed by atoms with Crippen molar-refractivity contribution in [3.05, 3.63) is 24.3 Å². The van der Waals surface area contributed by atoms with Gasteiger partial charge in [-0.3, -0.25) is 4.79 Å². The van der Waals surface area contributed by atoms with Crippen molar-refractivity contribution in [1.82, 2.24) is 0 Å². The van der Waals surface area contributed by atoms with Crippen LogP contribution in [0.1, 0.15) is 26.7 Å². The highest BCUT2D eigenvalue weighted by Gasteiger charge is 2.19. The second-order valence-corrected chi connectivity index (χ2v) is 4.62. The van der Waals surface area contributed by atoms with Gasteiger partial charge < -0.3 is 14.6 Å². The number of carbonyl (C=O) groups is 3. The molecule has 0 bridgehead atoms.